The van der Waals surface area contributed by atoms with Crippen molar-refractivity contribution in [3.8, 4) is 0 Å². The van der Waals surface area contributed by atoms with E-state index in [9.17, 15) is 27.6 Å². The van der Waals surface area contributed by atoms with Gasteiger partial charge >= 0.3 is 17.4 Å². The van der Waals surface area contributed by atoms with Crippen LogP contribution in [0.2, 0.25) is 0 Å². The molecule has 1 fully saturated rings. The quantitative estimate of drug-likeness (QED) is 0.271. The lowest BCUT2D eigenvalue weighted by Crippen LogP contribution is -2.38. The van der Waals surface area contributed by atoms with Gasteiger partial charge in [-0.3, -0.25) is 9.78 Å². The molecule has 0 bridgehead atoms. The molecule has 5 rings (SSSR count). The number of likely N-dealkylation sites (tertiary alicyclic amines) is 1. The molecule has 14 heteroatoms. The number of halogens is 3. The van der Waals surface area contributed by atoms with E-state index in [0.29, 0.717) is 48.3 Å². The smallest absolute Gasteiger partial charge is 0.445 e. The molecule has 0 aliphatic carbocycles. The molecule has 1 saturated heterocycles. The minimum Gasteiger partial charge on any atom is -0.445 e. The Morgan fingerprint density at radius 2 is 1.92 bits per heavy atom. The van der Waals surface area contributed by atoms with Crippen molar-refractivity contribution in [2.45, 2.75) is 35.8 Å². The maximum atomic E-state index is 12.7. The Morgan fingerprint density at radius 1 is 1.18 bits per heavy atom. The number of H-pyrrole nitrogens is 1. The standard InChI is InChI=1S/C25H21F3N4O5S2/c26-25(27,28)39-17-4-1-14(2-5-17)12-36-24(35)32-9-7-15(8-10-32)22-30-19(13-38-22)21(33)29-16-3-6-18-20(11-16)37-23(34)31-18/h1-6,11,13,15H,7-10,12H2,(H,29,33)(H,31,34). The lowest BCUT2D eigenvalue weighted by molar-refractivity contribution is -0.0328. The second-order valence-corrected chi connectivity index (χ2v) is 10.8. The summed E-state index contributed by atoms with van der Waals surface area (Å²) in [6.45, 7) is 0.866. The average Bonchev–Trinajstić information content (AvgIpc) is 3.53. The van der Waals surface area contributed by atoms with Crippen LogP contribution < -0.4 is 11.1 Å². The first-order chi connectivity index (χ1) is 18.6. The van der Waals surface area contributed by atoms with Crippen molar-refractivity contribution in [1.82, 2.24) is 14.9 Å². The van der Waals surface area contributed by atoms with Gasteiger partial charge in [-0.05, 0) is 54.4 Å². The van der Waals surface area contributed by atoms with E-state index < -0.39 is 17.4 Å². The predicted molar refractivity (Wildman–Crippen MR) is 139 cm³/mol. The minimum absolute atomic E-state index is 0.0379. The highest BCUT2D eigenvalue weighted by molar-refractivity contribution is 8.00. The zero-order chi connectivity index (χ0) is 27.6. The Morgan fingerprint density at radius 3 is 2.64 bits per heavy atom. The number of hydrogen-bond donors (Lipinski definition) is 2. The summed E-state index contributed by atoms with van der Waals surface area (Å²) in [4.78, 5) is 45.1. The number of anilines is 1. The summed E-state index contributed by atoms with van der Waals surface area (Å²) in [5.41, 5.74) is -2.16. The highest BCUT2D eigenvalue weighted by Crippen LogP contribution is 2.37. The second-order valence-electron chi connectivity index (χ2n) is 8.76. The van der Waals surface area contributed by atoms with Crippen LogP contribution in [0.4, 0.5) is 23.7 Å². The fraction of sp³-hybridized carbons (Fsp3) is 0.280. The van der Waals surface area contributed by atoms with Crippen molar-refractivity contribution in [3.63, 3.8) is 0 Å². The van der Waals surface area contributed by atoms with E-state index in [2.05, 4.69) is 15.3 Å². The lowest BCUT2D eigenvalue weighted by atomic mass is 9.98. The van der Waals surface area contributed by atoms with Gasteiger partial charge in [0.1, 0.15) is 12.3 Å². The Kier molecular flexibility index (Phi) is 7.66. The molecule has 2 aromatic carbocycles. The first-order valence-corrected chi connectivity index (χ1v) is 13.5. The maximum absolute atomic E-state index is 12.7. The van der Waals surface area contributed by atoms with Crippen LogP contribution in [0, 0.1) is 0 Å². The van der Waals surface area contributed by atoms with Gasteiger partial charge in [0.05, 0.1) is 10.5 Å². The van der Waals surface area contributed by atoms with E-state index in [1.807, 2.05) is 0 Å². The SMILES string of the molecule is O=C(Nc1ccc2[nH]c(=O)oc2c1)c1csc(C2CCN(C(=O)OCc3ccc(SC(F)(F)F)cc3)CC2)n1. The molecule has 1 aliphatic heterocycles. The Labute approximate surface area is 227 Å². The van der Waals surface area contributed by atoms with Crippen molar-refractivity contribution >= 4 is 51.9 Å². The summed E-state index contributed by atoms with van der Waals surface area (Å²) in [6.07, 6.45) is 0.809. The third-order valence-electron chi connectivity index (χ3n) is 6.06. The molecule has 0 saturated carbocycles. The average molecular weight is 579 g/mol. The lowest BCUT2D eigenvalue weighted by Gasteiger charge is -2.30. The number of carbonyl (C=O) groups excluding carboxylic acids is 2. The van der Waals surface area contributed by atoms with Gasteiger partial charge in [0.25, 0.3) is 5.91 Å². The molecule has 0 radical (unpaired) electrons. The Bertz CT molecular complexity index is 1540. The molecular weight excluding hydrogens is 557 g/mol. The molecule has 0 unspecified atom stereocenters. The van der Waals surface area contributed by atoms with E-state index >= 15 is 0 Å². The summed E-state index contributed by atoms with van der Waals surface area (Å²) < 4.78 is 47.7. The predicted octanol–water partition coefficient (Wildman–Crippen LogP) is 5.96. The van der Waals surface area contributed by atoms with E-state index in [-0.39, 0.29) is 40.8 Å². The number of alkyl halides is 3. The number of rotatable bonds is 6. The van der Waals surface area contributed by atoms with Gasteiger partial charge in [-0.15, -0.1) is 11.3 Å². The summed E-state index contributed by atoms with van der Waals surface area (Å²) in [7, 11) is 0. The summed E-state index contributed by atoms with van der Waals surface area (Å²) in [6, 6.07) is 10.5. The molecule has 1 aliphatic rings. The highest BCUT2D eigenvalue weighted by atomic mass is 32.2. The molecule has 4 aromatic rings. The molecule has 0 spiro atoms. The fourth-order valence-electron chi connectivity index (χ4n) is 4.13. The molecule has 2 N–H and O–H groups in total. The van der Waals surface area contributed by atoms with Gasteiger partial charge in [0.15, 0.2) is 5.58 Å². The molecule has 204 valence electrons. The summed E-state index contributed by atoms with van der Waals surface area (Å²) >= 11 is 1.18. The van der Waals surface area contributed by atoms with Gasteiger partial charge in [-0.1, -0.05) is 12.1 Å². The van der Waals surface area contributed by atoms with Gasteiger partial charge < -0.3 is 19.4 Å². The molecule has 0 atom stereocenters. The van der Waals surface area contributed by atoms with Crippen molar-refractivity contribution in [1.29, 1.82) is 0 Å². The molecule has 39 heavy (non-hydrogen) atoms. The van der Waals surface area contributed by atoms with Crippen molar-refractivity contribution in [3.05, 3.63) is 74.7 Å². The molecule has 2 aromatic heterocycles. The number of nitrogens with zero attached hydrogens (tertiary/aromatic N) is 2. The molecule has 2 amide bonds. The van der Waals surface area contributed by atoms with Crippen LogP contribution in [0.3, 0.4) is 0 Å². The summed E-state index contributed by atoms with van der Waals surface area (Å²) in [5, 5.41) is 5.23. The third kappa shape index (κ3) is 6.81. The number of oxazole rings is 1. The van der Waals surface area contributed by atoms with Gasteiger partial charge in [0, 0.05) is 41.0 Å². The zero-order valence-electron chi connectivity index (χ0n) is 20.1. The topological polar surface area (TPSA) is 118 Å². The van der Waals surface area contributed by atoms with Crippen molar-refractivity contribution < 1.29 is 31.9 Å². The monoisotopic (exact) mass is 578 g/mol. The number of aromatic nitrogens is 2. The Hall–Kier alpha value is -3.78. The number of piperidine rings is 1. The highest BCUT2D eigenvalue weighted by Gasteiger charge is 2.29. The van der Waals surface area contributed by atoms with E-state index in [0.717, 1.165) is 5.01 Å². The van der Waals surface area contributed by atoms with Gasteiger partial charge in [-0.2, -0.15) is 13.2 Å². The number of amides is 2. The number of hydrogen-bond acceptors (Lipinski definition) is 8. The number of aromatic amines is 1. The third-order valence-corrected chi connectivity index (χ3v) is 7.80. The van der Waals surface area contributed by atoms with Crippen LogP contribution in [0.1, 0.15) is 39.8 Å². The molecule has 9 nitrogen and oxygen atoms in total. The number of nitrogens with one attached hydrogen (secondary N) is 2. The largest absolute Gasteiger partial charge is 0.446 e. The first kappa shape index (κ1) is 26.8. The van der Waals surface area contributed by atoms with Gasteiger partial charge in [0.2, 0.25) is 0 Å². The van der Waals surface area contributed by atoms with Crippen LogP contribution in [0.15, 0.2) is 62.0 Å². The number of carbonyl (C=O) groups is 2. The van der Waals surface area contributed by atoms with Crippen LogP contribution in [-0.4, -0.2) is 45.5 Å². The van der Waals surface area contributed by atoms with Crippen LogP contribution >= 0.6 is 23.1 Å². The normalized spacial score (nSPS) is 14.5. The minimum atomic E-state index is -4.35. The number of ether oxygens (including phenoxy) is 1. The number of benzene rings is 2. The Balaban J connectivity index is 1.09. The van der Waals surface area contributed by atoms with Crippen molar-refractivity contribution in [2.75, 3.05) is 18.4 Å². The van der Waals surface area contributed by atoms with E-state index in [1.54, 1.807) is 28.5 Å². The summed E-state index contributed by atoms with van der Waals surface area (Å²) in [5.74, 6) is -0.876. The number of fused-ring (bicyclic) bond motifs is 1. The molecular formula is C25H21F3N4O5S2. The van der Waals surface area contributed by atoms with Crippen LogP contribution in [0.25, 0.3) is 11.1 Å². The number of thioether (sulfide) groups is 1. The van der Waals surface area contributed by atoms with Crippen molar-refractivity contribution in [2.24, 2.45) is 0 Å². The van der Waals surface area contributed by atoms with Crippen LogP contribution in [0.5, 0.6) is 0 Å². The first-order valence-electron chi connectivity index (χ1n) is 11.8. The second kappa shape index (κ2) is 11.1. The van der Waals surface area contributed by atoms with Crippen LogP contribution in [-0.2, 0) is 11.3 Å². The van der Waals surface area contributed by atoms with E-state index in [4.69, 9.17) is 9.15 Å². The number of thiazole rings is 1. The maximum Gasteiger partial charge on any atom is 0.446 e. The molecule has 3 heterocycles. The van der Waals surface area contributed by atoms with Gasteiger partial charge in [-0.25, -0.2) is 14.6 Å². The van der Waals surface area contributed by atoms with E-state index in [1.165, 1.54) is 35.6 Å². The fourth-order valence-corrected chi connectivity index (χ4v) is 5.64. The zero-order valence-corrected chi connectivity index (χ0v) is 21.8.